The van der Waals surface area contributed by atoms with Crippen LogP contribution in [0.3, 0.4) is 0 Å². The zero-order chi connectivity index (χ0) is 23.4. The van der Waals surface area contributed by atoms with Gasteiger partial charge in [-0.2, -0.15) is 0 Å². The SMILES string of the molecule is O=C(O)C1CN=C(Nc2ccc(Oc3ncccc3F)cc2)N(Cc2ccc(Cl)cc2)C1=O. The summed E-state index contributed by atoms with van der Waals surface area (Å²) in [4.78, 5) is 33.8. The van der Waals surface area contributed by atoms with E-state index in [0.717, 1.165) is 5.56 Å². The van der Waals surface area contributed by atoms with Crippen LogP contribution in [0.15, 0.2) is 71.9 Å². The van der Waals surface area contributed by atoms with Crippen molar-refractivity contribution >= 4 is 35.1 Å². The Morgan fingerprint density at radius 1 is 1.18 bits per heavy atom. The molecule has 10 heteroatoms. The number of halogens is 2. The Balaban J connectivity index is 1.52. The van der Waals surface area contributed by atoms with E-state index in [1.54, 1.807) is 48.5 Å². The summed E-state index contributed by atoms with van der Waals surface area (Å²) in [5, 5.41) is 13.0. The summed E-state index contributed by atoms with van der Waals surface area (Å²) in [6, 6.07) is 16.1. The average Bonchev–Trinajstić information content (AvgIpc) is 2.80. The van der Waals surface area contributed by atoms with Gasteiger partial charge in [0.05, 0.1) is 13.1 Å². The zero-order valence-corrected chi connectivity index (χ0v) is 17.9. The highest BCUT2D eigenvalue weighted by Crippen LogP contribution is 2.24. The number of nitrogens with one attached hydrogen (secondary N) is 1. The molecule has 1 unspecified atom stereocenters. The number of benzene rings is 2. The molecule has 0 saturated carbocycles. The molecule has 2 heterocycles. The molecule has 3 aromatic rings. The lowest BCUT2D eigenvalue weighted by Gasteiger charge is -2.31. The standard InChI is InChI=1S/C23H18ClFN4O4/c24-15-5-3-14(4-6-15)13-29-21(30)18(22(31)32)12-27-23(29)28-16-7-9-17(10-8-16)33-20-19(25)2-1-11-26-20/h1-11,18H,12-13H2,(H,27,28)(H,31,32). The van der Waals surface area contributed by atoms with Crippen LogP contribution in [0.5, 0.6) is 11.6 Å². The van der Waals surface area contributed by atoms with Crippen LogP contribution in [0, 0.1) is 11.7 Å². The second kappa shape index (κ2) is 9.66. The molecular weight excluding hydrogens is 451 g/mol. The minimum atomic E-state index is -1.26. The Morgan fingerprint density at radius 2 is 1.91 bits per heavy atom. The Bertz CT molecular complexity index is 1200. The van der Waals surface area contributed by atoms with E-state index >= 15 is 0 Å². The number of carbonyl (C=O) groups excluding carboxylic acids is 1. The number of amides is 1. The number of pyridine rings is 1. The number of hydrogen-bond donors (Lipinski definition) is 2. The van der Waals surface area contributed by atoms with Gasteiger partial charge in [-0.3, -0.25) is 19.5 Å². The predicted molar refractivity (Wildman–Crippen MR) is 120 cm³/mol. The van der Waals surface area contributed by atoms with Crippen LogP contribution < -0.4 is 10.1 Å². The number of carboxylic acid groups (broad SMARTS) is 1. The Morgan fingerprint density at radius 3 is 2.58 bits per heavy atom. The molecule has 33 heavy (non-hydrogen) atoms. The van der Waals surface area contributed by atoms with Gasteiger partial charge in [0.1, 0.15) is 5.75 Å². The molecule has 1 aromatic heterocycles. The van der Waals surface area contributed by atoms with Crippen LogP contribution in [-0.4, -0.2) is 39.4 Å². The van der Waals surface area contributed by atoms with E-state index in [1.165, 1.54) is 23.2 Å². The first kappa shape index (κ1) is 22.2. The van der Waals surface area contributed by atoms with Crippen LogP contribution in [0.25, 0.3) is 0 Å². The number of guanidine groups is 1. The zero-order valence-electron chi connectivity index (χ0n) is 17.1. The number of rotatable bonds is 6. The van der Waals surface area contributed by atoms with E-state index in [9.17, 15) is 19.1 Å². The molecule has 0 bridgehead atoms. The molecule has 0 aliphatic carbocycles. The summed E-state index contributed by atoms with van der Waals surface area (Å²) >= 11 is 5.93. The van der Waals surface area contributed by atoms with Gasteiger partial charge in [0.25, 0.3) is 5.88 Å². The predicted octanol–water partition coefficient (Wildman–Crippen LogP) is 4.18. The first-order valence-electron chi connectivity index (χ1n) is 9.89. The molecule has 2 N–H and O–H groups in total. The molecule has 168 valence electrons. The van der Waals surface area contributed by atoms with Gasteiger partial charge in [-0.05, 0) is 54.1 Å². The smallest absolute Gasteiger partial charge is 0.318 e. The molecule has 1 aliphatic heterocycles. The quantitative estimate of drug-likeness (QED) is 0.526. The van der Waals surface area contributed by atoms with Crippen LogP contribution in [0.1, 0.15) is 5.56 Å². The average molecular weight is 469 g/mol. The van der Waals surface area contributed by atoms with E-state index in [-0.39, 0.29) is 24.9 Å². The normalized spacial score (nSPS) is 15.7. The third-order valence-corrected chi connectivity index (χ3v) is 5.10. The molecule has 4 rings (SSSR count). The van der Waals surface area contributed by atoms with Crippen molar-refractivity contribution < 1.29 is 23.8 Å². The van der Waals surface area contributed by atoms with E-state index in [1.807, 2.05) is 0 Å². The molecule has 0 spiro atoms. The number of aliphatic imine (C=N–C) groups is 1. The largest absolute Gasteiger partial charge is 0.481 e. The van der Waals surface area contributed by atoms with Gasteiger partial charge in [-0.25, -0.2) is 9.37 Å². The topological polar surface area (TPSA) is 104 Å². The minimum Gasteiger partial charge on any atom is -0.481 e. The molecule has 0 fully saturated rings. The van der Waals surface area contributed by atoms with Gasteiger partial charge in [0, 0.05) is 16.9 Å². The van der Waals surface area contributed by atoms with Crippen LogP contribution >= 0.6 is 11.6 Å². The highest BCUT2D eigenvalue weighted by Gasteiger charge is 2.36. The van der Waals surface area contributed by atoms with Crippen LogP contribution in [-0.2, 0) is 16.1 Å². The molecule has 8 nitrogen and oxygen atoms in total. The lowest BCUT2D eigenvalue weighted by Crippen LogP contribution is -2.50. The van der Waals surface area contributed by atoms with Crippen molar-refractivity contribution in [1.29, 1.82) is 0 Å². The second-order valence-corrected chi connectivity index (χ2v) is 7.58. The van der Waals surface area contributed by atoms with Gasteiger partial charge >= 0.3 is 5.97 Å². The fourth-order valence-electron chi connectivity index (χ4n) is 3.14. The van der Waals surface area contributed by atoms with Crippen LogP contribution in [0.4, 0.5) is 10.1 Å². The number of aliphatic carboxylic acids is 1. The molecule has 1 amide bonds. The first-order valence-corrected chi connectivity index (χ1v) is 10.3. The summed E-state index contributed by atoms with van der Waals surface area (Å²) in [6.45, 7) is -0.0560. The van der Waals surface area contributed by atoms with E-state index < -0.39 is 23.6 Å². The maximum absolute atomic E-state index is 13.7. The fraction of sp³-hybridized carbons (Fsp3) is 0.130. The van der Waals surface area contributed by atoms with Crippen molar-refractivity contribution in [2.24, 2.45) is 10.9 Å². The maximum Gasteiger partial charge on any atom is 0.318 e. The van der Waals surface area contributed by atoms with Gasteiger partial charge in [0.2, 0.25) is 11.9 Å². The van der Waals surface area contributed by atoms with E-state index in [0.29, 0.717) is 16.5 Å². The number of anilines is 1. The summed E-state index contributed by atoms with van der Waals surface area (Å²) in [6.07, 6.45) is 1.42. The molecule has 1 atom stereocenters. The monoisotopic (exact) mass is 468 g/mol. The summed E-state index contributed by atoms with van der Waals surface area (Å²) in [7, 11) is 0. The van der Waals surface area contributed by atoms with Gasteiger partial charge < -0.3 is 15.2 Å². The second-order valence-electron chi connectivity index (χ2n) is 7.15. The molecule has 2 aromatic carbocycles. The Hall–Kier alpha value is -3.98. The number of aromatic nitrogens is 1. The van der Waals surface area contributed by atoms with Crippen molar-refractivity contribution in [3.63, 3.8) is 0 Å². The summed E-state index contributed by atoms with van der Waals surface area (Å²) in [5.41, 5.74) is 1.33. The number of ether oxygens (including phenoxy) is 1. The fourth-order valence-corrected chi connectivity index (χ4v) is 3.27. The van der Waals surface area contributed by atoms with Crippen LogP contribution in [0.2, 0.25) is 5.02 Å². The molecule has 0 saturated heterocycles. The highest BCUT2D eigenvalue weighted by molar-refractivity contribution is 6.30. The van der Waals surface area contributed by atoms with Gasteiger partial charge in [0.15, 0.2) is 11.7 Å². The van der Waals surface area contributed by atoms with E-state index in [4.69, 9.17) is 16.3 Å². The third kappa shape index (κ3) is 5.27. The number of carboxylic acids is 1. The van der Waals surface area contributed by atoms with Crippen molar-refractivity contribution in [2.45, 2.75) is 6.54 Å². The van der Waals surface area contributed by atoms with E-state index in [2.05, 4.69) is 15.3 Å². The number of nitrogens with zero attached hydrogens (tertiary/aromatic N) is 3. The maximum atomic E-state index is 13.7. The van der Waals surface area contributed by atoms with Crippen molar-refractivity contribution in [1.82, 2.24) is 9.88 Å². The van der Waals surface area contributed by atoms with Gasteiger partial charge in [-0.1, -0.05) is 23.7 Å². The van der Waals surface area contributed by atoms with Gasteiger partial charge in [-0.15, -0.1) is 0 Å². The molecule has 0 radical (unpaired) electrons. The first-order chi connectivity index (χ1) is 15.9. The highest BCUT2D eigenvalue weighted by atomic mass is 35.5. The Labute approximate surface area is 193 Å². The molecular formula is C23H18ClFN4O4. The number of carbonyl (C=O) groups is 2. The number of hydrogen-bond acceptors (Lipinski definition) is 6. The lowest BCUT2D eigenvalue weighted by molar-refractivity contribution is -0.149. The summed E-state index contributed by atoms with van der Waals surface area (Å²) < 4.78 is 19.2. The van der Waals surface area contributed by atoms with Crippen molar-refractivity contribution in [3.05, 3.63) is 83.3 Å². The minimum absolute atomic E-state index is 0.117. The van der Waals surface area contributed by atoms with Crippen molar-refractivity contribution in [2.75, 3.05) is 11.9 Å². The van der Waals surface area contributed by atoms with Crippen molar-refractivity contribution in [3.8, 4) is 11.6 Å². The molecule has 1 aliphatic rings. The Kier molecular flexibility index (Phi) is 6.50. The third-order valence-electron chi connectivity index (χ3n) is 4.85. The lowest BCUT2D eigenvalue weighted by atomic mass is 10.1. The summed E-state index contributed by atoms with van der Waals surface area (Å²) in [5.74, 6) is -3.20.